The van der Waals surface area contributed by atoms with E-state index in [4.69, 9.17) is 0 Å². The number of unbranched alkanes of at least 4 members (excludes halogenated alkanes) is 1. The fourth-order valence-corrected chi connectivity index (χ4v) is 3.21. The Morgan fingerprint density at radius 3 is 2.82 bits per heavy atom. The van der Waals surface area contributed by atoms with Crippen LogP contribution in [0, 0.1) is 0 Å². The lowest BCUT2D eigenvalue weighted by Gasteiger charge is -2.04. The number of thiazole rings is 1. The van der Waals surface area contributed by atoms with Gasteiger partial charge in [0.15, 0.2) is 5.13 Å². The molecular formula is C10H19N3O2S2. The zero-order valence-corrected chi connectivity index (χ0v) is 11.8. The molecule has 1 aromatic rings. The van der Waals surface area contributed by atoms with Gasteiger partial charge in [-0.05, 0) is 6.42 Å². The molecule has 2 N–H and O–H groups in total. The van der Waals surface area contributed by atoms with Crippen molar-refractivity contribution >= 4 is 26.5 Å². The van der Waals surface area contributed by atoms with Crippen LogP contribution < -0.4 is 10.0 Å². The molecule has 0 aromatic carbocycles. The summed E-state index contributed by atoms with van der Waals surface area (Å²) in [6.07, 6.45) is 2.22. The number of nitrogens with one attached hydrogen (secondary N) is 2. The minimum absolute atomic E-state index is 0.211. The Kier molecular flexibility index (Phi) is 5.87. The quantitative estimate of drug-likeness (QED) is 0.754. The van der Waals surface area contributed by atoms with Crippen LogP contribution in [0.5, 0.6) is 0 Å². The Labute approximate surface area is 107 Å². The van der Waals surface area contributed by atoms with Gasteiger partial charge in [0.1, 0.15) is 0 Å². The molecule has 17 heavy (non-hydrogen) atoms. The summed E-state index contributed by atoms with van der Waals surface area (Å²) < 4.78 is 25.6. The molecule has 0 saturated heterocycles. The monoisotopic (exact) mass is 277 g/mol. The second-order valence-corrected chi connectivity index (χ2v) is 6.50. The molecule has 0 aliphatic rings. The lowest BCUT2D eigenvalue weighted by atomic mass is 10.3. The summed E-state index contributed by atoms with van der Waals surface area (Å²) in [5, 5.41) is 5.74. The van der Waals surface area contributed by atoms with E-state index in [1.165, 1.54) is 11.3 Å². The van der Waals surface area contributed by atoms with Gasteiger partial charge >= 0.3 is 0 Å². The summed E-state index contributed by atoms with van der Waals surface area (Å²) in [6.45, 7) is 2.39. The topological polar surface area (TPSA) is 71.1 Å². The average molecular weight is 277 g/mol. The van der Waals surface area contributed by atoms with E-state index in [1.807, 2.05) is 19.4 Å². The number of rotatable bonds is 8. The van der Waals surface area contributed by atoms with Crippen molar-refractivity contribution in [3.8, 4) is 0 Å². The van der Waals surface area contributed by atoms with E-state index in [-0.39, 0.29) is 5.75 Å². The van der Waals surface area contributed by atoms with Gasteiger partial charge in [-0.1, -0.05) is 13.3 Å². The van der Waals surface area contributed by atoms with Crippen LogP contribution in [-0.4, -0.2) is 32.7 Å². The van der Waals surface area contributed by atoms with Crippen LogP contribution in [0.25, 0.3) is 0 Å². The van der Waals surface area contributed by atoms with Crippen LogP contribution in [0.2, 0.25) is 0 Å². The first-order valence-corrected chi connectivity index (χ1v) is 8.20. The Balaban J connectivity index is 2.32. The zero-order valence-electron chi connectivity index (χ0n) is 10.2. The minimum atomic E-state index is -3.10. The average Bonchev–Trinajstić information content (AvgIpc) is 2.74. The van der Waals surface area contributed by atoms with Gasteiger partial charge in [-0.3, -0.25) is 0 Å². The number of sulfonamides is 1. The highest BCUT2D eigenvalue weighted by Crippen LogP contribution is 2.14. The van der Waals surface area contributed by atoms with Gasteiger partial charge < -0.3 is 5.32 Å². The highest BCUT2D eigenvalue weighted by Gasteiger charge is 2.09. The van der Waals surface area contributed by atoms with Crippen molar-refractivity contribution in [1.82, 2.24) is 9.71 Å². The predicted octanol–water partition coefficient (Wildman–Crippen LogP) is 1.45. The van der Waals surface area contributed by atoms with Crippen LogP contribution in [0.15, 0.2) is 5.38 Å². The molecule has 0 aliphatic carbocycles. The van der Waals surface area contributed by atoms with Gasteiger partial charge in [0.2, 0.25) is 10.0 Å². The Morgan fingerprint density at radius 1 is 1.47 bits per heavy atom. The Morgan fingerprint density at radius 2 is 2.24 bits per heavy atom. The fraction of sp³-hybridized carbons (Fsp3) is 0.700. The second kappa shape index (κ2) is 6.93. The SMILES string of the molecule is CCCCS(=O)(=O)NCCc1csc(NC)n1. The van der Waals surface area contributed by atoms with E-state index >= 15 is 0 Å². The molecule has 0 unspecified atom stereocenters. The first-order valence-electron chi connectivity index (χ1n) is 5.67. The van der Waals surface area contributed by atoms with Crippen LogP contribution >= 0.6 is 11.3 Å². The van der Waals surface area contributed by atoms with Crippen molar-refractivity contribution in [1.29, 1.82) is 0 Å². The first kappa shape index (κ1) is 14.4. The van der Waals surface area contributed by atoms with E-state index < -0.39 is 10.0 Å². The van der Waals surface area contributed by atoms with Crippen LogP contribution in [-0.2, 0) is 16.4 Å². The van der Waals surface area contributed by atoms with Gasteiger partial charge in [-0.25, -0.2) is 18.1 Å². The third-order valence-corrected chi connectivity index (χ3v) is 4.61. The molecular weight excluding hydrogens is 258 g/mol. The Bertz CT molecular complexity index is 429. The van der Waals surface area contributed by atoms with Gasteiger partial charge in [0, 0.05) is 25.4 Å². The van der Waals surface area contributed by atoms with Gasteiger partial charge in [0.05, 0.1) is 11.4 Å². The maximum Gasteiger partial charge on any atom is 0.211 e. The van der Waals surface area contributed by atoms with Crippen molar-refractivity contribution < 1.29 is 8.42 Å². The van der Waals surface area contributed by atoms with Crippen LogP contribution in [0.1, 0.15) is 25.5 Å². The molecule has 0 aliphatic heterocycles. The van der Waals surface area contributed by atoms with Crippen LogP contribution in [0.3, 0.4) is 0 Å². The van der Waals surface area contributed by atoms with Gasteiger partial charge in [0.25, 0.3) is 0 Å². The summed E-state index contributed by atoms with van der Waals surface area (Å²) in [7, 11) is -1.29. The summed E-state index contributed by atoms with van der Waals surface area (Å²) in [6, 6.07) is 0. The largest absolute Gasteiger partial charge is 0.365 e. The summed E-state index contributed by atoms with van der Waals surface area (Å²) in [4.78, 5) is 4.28. The third-order valence-electron chi connectivity index (χ3n) is 2.24. The third kappa shape index (κ3) is 5.47. The van der Waals surface area contributed by atoms with Crippen molar-refractivity contribution in [2.24, 2.45) is 0 Å². The maximum absolute atomic E-state index is 11.5. The number of nitrogens with zero attached hydrogens (tertiary/aromatic N) is 1. The van der Waals surface area contributed by atoms with E-state index in [9.17, 15) is 8.42 Å². The molecule has 98 valence electrons. The molecule has 0 radical (unpaired) electrons. The highest BCUT2D eigenvalue weighted by molar-refractivity contribution is 7.89. The lowest BCUT2D eigenvalue weighted by Crippen LogP contribution is -2.28. The normalized spacial score (nSPS) is 11.6. The molecule has 0 saturated carbocycles. The second-order valence-electron chi connectivity index (χ2n) is 3.71. The van der Waals surface area contributed by atoms with E-state index in [1.54, 1.807) is 0 Å². The molecule has 5 nitrogen and oxygen atoms in total. The summed E-state index contributed by atoms with van der Waals surface area (Å²) in [5.74, 6) is 0.211. The summed E-state index contributed by atoms with van der Waals surface area (Å²) >= 11 is 1.52. The van der Waals surface area contributed by atoms with Crippen molar-refractivity contribution in [2.45, 2.75) is 26.2 Å². The smallest absolute Gasteiger partial charge is 0.211 e. The van der Waals surface area contributed by atoms with Crippen molar-refractivity contribution in [3.05, 3.63) is 11.1 Å². The summed E-state index contributed by atoms with van der Waals surface area (Å²) in [5.41, 5.74) is 0.914. The van der Waals surface area contributed by atoms with Crippen molar-refractivity contribution in [2.75, 3.05) is 24.7 Å². The minimum Gasteiger partial charge on any atom is -0.365 e. The number of anilines is 1. The van der Waals surface area contributed by atoms with E-state index in [0.29, 0.717) is 19.4 Å². The highest BCUT2D eigenvalue weighted by atomic mass is 32.2. The predicted molar refractivity (Wildman–Crippen MR) is 72.1 cm³/mol. The van der Waals surface area contributed by atoms with E-state index in [0.717, 1.165) is 17.2 Å². The molecule has 1 heterocycles. The first-order chi connectivity index (χ1) is 8.07. The van der Waals surface area contributed by atoms with Gasteiger partial charge in [-0.15, -0.1) is 11.3 Å². The van der Waals surface area contributed by atoms with Gasteiger partial charge in [-0.2, -0.15) is 0 Å². The molecule has 0 atom stereocenters. The Hall–Kier alpha value is -0.660. The number of aromatic nitrogens is 1. The molecule has 0 spiro atoms. The molecule has 1 rings (SSSR count). The van der Waals surface area contributed by atoms with Crippen LogP contribution in [0.4, 0.5) is 5.13 Å². The number of hydrogen-bond donors (Lipinski definition) is 2. The molecule has 0 bridgehead atoms. The molecule has 0 fully saturated rings. The molecule has 7 heteroatoms. The van der Waals surface area contributed by atoms with Crippen molar-refractivity contribution in [3.63, 3.8) is 0 Å². The number of hydrogen-bond acceptors (Lipinski definition) is 5. The van der Waals surface area contributed by atoms with E-state index in [2.05, 4.69) is 15.0 Å². The fourth-order valence-electron chi connectivity index (χ4n) is 1.28. The standard InChI is InChI=1S/C10H19N3O2S2/c1-3-4-7-17(14,15)12-6-5-9-8-16-10(11-2)13-9/h8,12H,3-7H2,1-2H3,(H,11,13). The lowest BCUT2D eigenvalue weighted by molar-refractivity contribution is 0.578. The molecule has 1 aromatic heterocycles. The molecule has 0 amide bonds. The maximum atomic E-state index is 11.5. The zero-order chi connectivity index (χ0) is 12.7.